The van der Waals surface area contributed by atoms with E-state index in [4.69, 9.17) is 5.73 Å². The third-order valence-electron chi connectivity index (χ3n) is 2.69. The Morgan fingerprint density at radius 2 is 1.80 bits per heavy atom. The number of ketones is 1. The van der Waals surface area contributed by atoms with E-state index in [-0.39, 0.29) is 70.5 Å². The molecule has 8 nitrogen and oxygen atoms in total. The second kappa shape index (κ2) is 10.1. The van der Waals surface area contributed by atoms with Crippen LogP contribution in [0, 0.1) is 0 Å². The van der Waals surface area contributed by atoms with Crippen LogP contribution >= 0.6 is 0 Å². The minimum absolute atomic E-state index is 0. The van der Waals surface area contributed by atoms with Crippen LogP contribution in [0.1, 0.15) is 12.8 Å². The molecule has 0 bridgehead atoms. The number of carbonyl (C=O) groups excluding carboxylic acids is 4. The summed E-state index contributed by atoms with van der Waals surface area (Å²) in [4.78, 5) is 45.0. The van der Waals surface area contributed by atoms with Gasteiger partial charge in [0.15, 0.2) is 5.78 Å². The fourth-order valence-corrected chi connectivity index (χ4v) is 1.54. The molecule has 0 aromatic carbocycles. The number of nitrogens with one attached hydrogen (secondary N) is 3. The van der Waals surface area contributed by atoms with Crippen molar-refractivity contribution >= 4 is 23.9 Å². The van der Waals surface area contributed by atoms with Gasteiger partial charge in [-0.2, -0.15) is 0 Å². The molecule has 0 aromatic heterocycles. The van der Waals surface area contributed by atoms with Crippen molar-refractivity contribution in [3.05, 3.63) is 0 Å². The minimum atomic E-state index is -0.955. The average molecular weight is 358 g/mol. The van der Waals surface area contributed by atoms with Crippen molar-refractivity contribution in [2.45, 2.75) is 24.9 Å². The molecule has 2 unspecified atom stereocenters. The zero-order valence-electron chi connectivity index (χ0n) is 11.0. The summed E-state index contributed by atoms with van der Waals surface area (Å²) in [6.07, 6.45) is 1.86. The van der Waals surface area contributed by atoms with Crippen molar-refractivity contribution in [3.8, 4) is 0 Å². The largest absolute Gasteiger partial charge is 0.540 e. The Morgan fingerprint density at radius 3 is 2.45 bits per heavy atom. The second-order valence-electron chi connectivity index (χ2n) is 4.24. The van der Waals surface area contributed by atoms with Gasteiger partial charge in [-0.1, -0.05) is 6.04 Å². The smallest absolute Gasteiger partial charge is 0.239 e. The molecule has 0 aromatic rings. The molecule has 1 fully saturated rings. The Morgan fingerprint density at radius 1 is 1.10 bits per heavy atom. The predicted octanol–water partition coefficient (Wildman–Crippen LogP) is -3.03. The standard InChI is InChI=1S/C11H17N4O4.Y/c12-8-3-10(18)15-5-11(19)13-2-1-7(6-16)14-4-9(8)17;/h7-8,14H,1-5,12H2,(H,13,19)(H,15,18);/q-1;. The molecule has 0 saturated carbocycles. The van der Waals surface area contributed by atoms with Crippen molar-refractivity contribution in [2.24, 2.45) is 5.73 Å². The van der Waals surface area contributed by atoms with Crippen LogP contribution in [0.25, 0.3) is 0 Å². The Hall–Kier alpha value is -0.696. The van der Waals surface area contributed by atoms with Gasteiger partial charge in [-0.05, 0) is 6.42 Å². The molecular formula is C11H17N4O4Y-. The first-order chi connectivity index (χ1) is 9.02. The van der Waals surface area contributed by atoms with Gasteiger partial charge in [0.05, 0.1) is 19.1 Å². The van der Waals surface area contributed by atoms with Crippen molar-refractivity contribution in [3.63, 3.8) is 0 Å². The van der Waals surface area contributed by atoms with Gasteiger partial charge in [0.25, 0.3) is 0 Å². The first kappa shape index (κ1) is 19.3. The maximum Gasteiger partial charge on any atom is 0.239 e. The molecule has 9 heteroatoms. The van der Waals surface area contributed by atoms with E-state index in [2.05, 4.69) is 16.0 Å². The van der Waals surface area contributed by atoms with Crippen molar-refractivity contribution in [2.75, 3.05) is 19.6 Å². The summed E-state index contributed by atoms with van der Waals surface area (Å²) in [5.74, 6) is -1.19. The Labute approximate surface area is 141 Å². The number of hydrogen-bond donors (Lipinski definition) is 4. The molecule has 109 valence electrons. The molecule has 1 aliphatic rings. The molecule has 2 amide bonds. The number of rotatable bonds is 1. The first-order valence-electron chi connectivity index (χ1n) is 5.95. The third-order valence-corrected chi connectivity index (χ3v) is 2.69. The summed E-state index contributed by atoms with van der Waals surface area (Å²) >= 11 is 0. The van der Waals surface area contributed by atoms with E-state index >= 15 is 0 Å². The molecule has 1 radical (unpaired) electrons. The van der Waals surface area contributed by atoms with E-state index in [9.17, 15) is 19.2 Å². The Bertz CT molecular complexity index is 377. The molecule has 5 N–H and O–H groups in total. The van der Waals surface area contributed by atoms with E-state index in [1.807, 2.05) is 0 Å². The topological polar surface area (TPSA) is 130 Å². The summed E-state index contributed by atoms with van der Waals surface area (Å²) in [7, 11) is 0. The van der Waals surface area contributed by atoms with Gasteiger partial charge in [-0.15, -0.1) is 0 Å². The number of nitrogens with two attached hydrogens (primary N) is 1. The first-order valence-corrected chi connectivity index (χ1v) is 5.95. The maximum absolute atomic E-state index is 11.6. The van der Waals surface area contributed by atoms with E-state index in [1.54, 1.807) is 6.29 Å². The summed E-state index contributed by atoms with van der Waals surface area (Å²) < 4.78 is 0. The van der Waals surface area contributed by atoms with Crippen LogP contribution in [0.3, 0.4) is 0 Å². The van der Waals surface area contributed by atoms with Gasteiger partial charge in [0, 0.05) is 45.7 Å². The molecule has 1 aliphatic heterocycles. The molecule has 0 spiro atoms. The quantitative estimate of drug-likeness (QED) is 0.369. The van der Waals surface area contributed by atoms with Gasteiger partial charge in [-0.3, -0.25) is 14.4 Å². The number of carbonyl (C=O) groups is 3. The molecule has 0 aliphatic carbocycles. The van der Waals surface area contributed by atoms with Crippen LogP contribution in [0.15, 0.2) is 0 Å². The Kier molecular flexibility index (Phi) is 9.74. The number of amides is 2. The predicted molar refractivity (Wildman–Crippen MR) is 65.7 cm³/mol. The Balaban J connectivity index is 0.00000361. The zero-order valence-corrected chi connectivity index (χ0v) is 13.8. The number of Topliss-reactive ketones (excluding diaryl/α,β-unsaturated/α-hetero) is 1. The second-order valence-corrected chi connectivity index (χ2v) is 4.24. The normalized spacial score (nSPS) is 25.9. The van der Waals surface area contributed by atoms with Crippen LogP contribution in [0.4, 0.5) is 0 Å². The summed E-state index contributed by atoms with van der Waals surface area (Å²) in [5, 5.41) is 7.59. The molecule has 2 atom stereocenters. The molecule has 1 rings (SSSR count). The van der Waals surface area contributed by atoms with Gasteiger partial charge >= 0.3 is 0 Å². The third kappa shape index (κ3) is 7.18. The fourth-order valence-electron chi connectivity index (χ4n) is 1.54. The molecule has 1 heterocycles. The van der Waals surface area contributed by atoms with E-state index in [1.165, 1.54) is 0 Å². The SMILES string of the molecule is NC1CC(=O)NCC(=O)NCCC([C-]=O)NCC1=O.[Y]. The van der Waals surface area contributed by atoms with Gasteiger partial charge < -0.3 is 26.5 Å². The van der Waals surface area contributed by atoms with E-state index in [0.717, 1.165) is 0 Å². The van der Waals surface area contributed by atoms with Crippen molar-refractivity contribution in [1.82, 2.24) is 16.0 Å². The van der Waals surface area contributed by atoms with E-state index < -0.39 is 18.0 Å². The summed E-state index contributed by atoms with van der Waals surface area (Å²) in [6, 6.07) is -1.61. The van der Waals surface area contributed by atoms with Crippen LogP contribution in [0.5, 0.6) is 0 Å². The monoisotopic (exact) mass is 358 g/mol. The van der Waals surface area contributed by atoms with Crippen LogP contribution in [0.2, 0.25) is 0 Å². The molecule has 1 saturated heterocycles. The zero-order chi connectivity index (χ0) is 14.3. The van der Waals surface area contributed by atoms with Crippen molar-refractivity contribution < 1.29 is 51.9 Å². The summed E-state index contributed by atoms with van der Waals surface area (Å²) in [5.41, 5.74) is 5.56. The van der Waals surface area contributed by atoms with Crippen LogP contribution in [-0.2, 0) is 51.9 Å². The van der Waals surface area contributed by atoms with Gasteiger partial charge in [0.1, 0.15) is 0 Å². The fraction of sp³-hybridized carbons (Fsp3) is 0.636. The number of hydrogen-bond acceptors (Lipinski definition) is 6. The van der Waals surface area contributed by atoms with Crippen molar-refractivity contribution in [1.29, 1.82) is 0 Å². The molecule has 20 heavy (non-hydrogen) atoms. The van der Waals surface area contributed by atoms with E-state index in [0.29, 0.717) is 6.42 Å². The summed E-state index contributed by atoms with van der Waals surface area (Å²) in [6.45, 7) is -0.0349. The van der Waals surface area contributed by atoms with Crippen LogP contribution < -0.4 is 21.7 Å². The maximum atomic E-state index is 11.6. The van der Waals surface area contributed by atoms with Crippen LogP contribution in [-0.4, -0.2) is 55.6 Å². The molecular weight excluding hydrogens is 341 g/mol. The van der Waals surface area contributed by atoms with Gasteiger partial charge in [0.2, 0.25) is 11.8 Å². The van der Waals surface area contributed by atoms with Gasteiger partial charge in [-0.25, -0.2) is 6.29 Å². The average Bonchev–Trinajstić information content (AvgIpc) is 2.39. The minimum Gasteiger partial charge on any atom is -0.540 e.